The number of thioether (sulfide) groups is 1. The number of imidazole rings is 1. The molecule has 4 heterocycles. The minimum Gasteiger partial charge on any atom is -0.494 e. The number of ether oxygens (including phenoxy) is 1. The summed E-state index contributed by atoms with van der Waals surface area (Å²) in [6.07, 6.45) is 6.40. The Morgan fingerprint density at radius 2 is 2.00 bits per heavy atom. The van der Waals surface area contributed by atoms with Crippen molar-refractivity contribution in [1.29, 1.82) is 0 Å². The Morgan fingerprint density at radius 3 is 2.82 bits per heavy atom. The number of piperidine rings is 1. The number of nitrogens with zero attached hydrogens (tertiary/aromatic N) is 3. The summed E-state index contributed by atoms with van der Waals surface area (Å²) in [6.45, 7) is 3.30. The summed E-state index contributed by atoms with van der Waals surface area (Å²) in [7, 11) is 0. The molecule has 0 aliphatic carbocycles. The number of carbonyl (C=O) groups is 2. The normalized spacial score (nSPS) is 16.3. The smallest absolute Gasteiger partial charge is 0.335 e. The highest BCUT2D eigenvalue weighted by molar-refractivity contribution is 8.04. The summed E-state index contributed by atoms with van der Waals surface area (Å²) in [6, 6.07) is 12.7. The first-order valence-electron chi connectivity index (χ1n) is 11.4. The Bertz CT molecular complexity index is 1250. The average Bonchev–Trinajstić information content (AvgIpc) is 3.27. The molecule has 5 rings (SSSR count). The molecular weight excluding hydrogens is 452 g/mol. The van der Waals surface area contributed by atoms with E-state index in [1.807, 2.05) is 24.3 Å². The van der Waals surface area contributed by atoms with E-state index in [2.05, 4.69) is 19.6 Å². The molecule has 0 bridgehead atoms. The molecule has 3 aromatic rings. The monoisotopic (exact) mass is 478 g/mol. The van der Waals surface area contributed by atoms with Crippen LogP contribution in [-0.2, 0) is 4.79 Å². The number of amides is 1. The van der Waals surface area contributed by atoms with Crippen molar-refractivity contribution in [2.24, 2.45) is 0 Å². The van der Waals surface area contributed by atoms with E-state index in [1.54, 1.807) is 30.5 Å². The van der Waals surface area contributed by atoms with Crippen LogP contribution in [0.25, 0.3) is 11.7 Å². The van der Waals surface area contributed by atoms with Crippen LogP contribution in [0.5, 0.6) is 5.75 Å². The number of benzene rings is 1. The van der Waals surface area contributed by atoms with Crippen molar-refractivity contribution in [2.75, 3.05) is 26.2 Å². The highest BCUT2D eigenvalue weighted by Gasteiger charge is 2.24. The Kier molecular flexibility index (Phi) is 6.55. The molecule has 0 unspecified atom stereocenters. The fourth-order valence-electron chi connectivity index (χ4n) is 4.35. The van der Waals surface area contributed by atoms with Crippen LogP contribution in [-0.4, -0.2) is 63.6 Å². The number of hydrogen-bond donors (Lipinski definition) is 2. The van der Waals surface area contributed by atoms with E-state index < -0.39 is 5.97 Å². The number of aromatic carboxylic acids is 1. The maximum Gasteiger partial charge on any atom is 0.335 e. The zero-order valence-corrected chi connectivity index (χ0v) is 19.5. The number of carboxylic acids is 1. The molecule has 0 saturated carbocycles. The van der Waals surface area contributed by atoms with Gasteiger partial charge in [-0.25, -0.2) is 9.78 Å². The molecule has 0 spiro atoms. The van der Waals surface area contributed by atoms with Gasteiger partial charge in [0.1, 0.15) is 11.4 Å². The number of aromatic nitrogens is 2. The quantitative estimate of drug-likeness (QED) is 0.478. The zero-order valence-electron chi connectivity index (χ0n) is 18.6. The van der Waals surface area contributed by atoms with Gasteiger partial charge in [0.25, 0.3) is 5.91 Å². The van der Waals surface area contributed by atoms with Gasteiger partial charge in [0.05, 0.1) is 34.0 Å². The maximum atomic E-state index is 12.9. The number of pyridine rings is 1. The zero-order chi connectivity index (χ0) is 23.5. The van der Waals surface area contributed by atoms with Crippen LogP contribution < -0.4 is 10.1 Å². The molecular formula is C25H26N4O4S. The Hall–Kier alpha value is -3.30. The van der Waals surface area contributed by atoms with Crippen LogP contribution in [0.1, 0.15) is 35.3 Å². The van der Waals surface area contributed by atoms with E-state index >= 15 is 0 Å². The van der Waals surface area contributed by atoms with Crippen molar-refractivity contribution in [2.45, 2.75) is 30.3 Å². The lowest BCUT2D eigenvalue weighted by Gasteiger charge is -2.32. The van der Waals surface area contributed by atoms with Crippen molar-refractivity contribution in [3.05, 3.63) is 64.8 Å². The fraction of sp³-hybridized carbons (Fsp3) is 0.320. The van der Waals surface area contributed by atoms with Gasteiger partial charge in [0.15, 0.2) is 0 Å². The number of likely N-dealkylation sites (tertiary alicyclic amines) is 1. The fourth-order valence-corrected chi connectivity index (χ4v) is 5.35. The van der Waals surface area contributed by atoms with Gasteiger partial charge < -0.3 is 20.1 Å². The molecule has 0 atom stereocenters. The first-order valence-corrected chi connectivity index (χ1v) is 12.2. The van der Waals surface area contributed by atoms with Crippen LogP contribution in [0, 0.1) is 0 Å². The van der Waals surface area contributed by atoms with Crippen LogP contribution >= 0.6 is 11.8 Å². The molecule has 2 N–H and O–H groups in total. The summed E-state index contributed by atoms with van der Waals surface area (Å²) in [5.41, 5.74) is 2.05. The molecule has 2 aliphatic heterocycles. The molecule has 9 heteroatoms. The standard InChI is InChI=1S/C25H26N4O4S/c30-24(21-15-19-16-26-22-6-2-7-23(34-21)29(19)22)27-18-8-11-28(12-9-18)10-3-13-33-20-5-1-4-17(14-20)25(31)32/h1-2,4-7,14-16,18H,3,8-13H2,(H,27,30)(H,31,32). The van der Waals surface area contributed by atoms with Gasteiger partial charge in [-0.15, -0.1) is 0 Å². The second kappa shape index (κ2) is 9.90. The van der Waals surface area contributed by atoms with E-state index in [1.165, 1.54) is 11.8 Å². The van der Waals surface area contributed by atoms with Gasteiger partial charge >= 0.3 is 5.97 Å². The predicted octanol–water partition coefficient (Wildman–Crippen LogP) is 3.53. The topological polar surface area (TPSA) is 96.2 Å². The van der Waals surface area contributed by atoms with E-state index in [-0.39, 0.29) is 17.5 Å². The molecule has 1 aromatic carbocycles. The summed E-state index contributed by atoms with van der Waals surface area (Å²) in [5.74, 6) is -0.400. The number of rotatable bonds is 8. The largest absolute Gasteiger partial charge is 0.494 e. The summed E-state index contributed by atoms with van der Waals surface area (Å²) in [5, 5.41) is 13.3. The SMILES string of the molecule is O=C(NC1CCN(CCCOc2cccc(C(=O)O)c2)CC1)C1=Cc2cnc3cccc(n23)S1. The van der Waals surface area contributed by atoms with Crippen LogP contribution in [0.4, 0.5) is 0 Å². The Balaban J connectivity index is 1.05. The second-order valence-corrected chi connectivity index (χ2v) is 9.54. The molecule has 0 radical (unpaired) electrons. The lowest BCUT2D eigenvalue weighted by atomic mass is 10.0. The summed E-state index contributed by atoms with van der Waals surface area (Å²) >= 11 is 1.48. The molecule has 2 aliphatic rings. The molecule has 1 amide bonds. The number of carboxylic acid groups (broad SMARTS) is 1. The Morgan fingerprint density at radius 1 is 1.18 bits per heavy atom. The van der Waals surface area contributed by atoms with Gasteiger partial charge in [-0.05, 0) is 55.7 Å². The lowest BCUT2D eigenvalue weighted by Crippen LogP contribution is -2.45. The molecule has 8 nitrogen and oxygen atoms in total. The average molecular weight is 479 g/mol. The van der Waals surface area contributed by atoms with Crippen LogP contribution in [0.2, 0.25) is 0 Å². The molecule has 1 saturated heterocycles. The number of hydrogen-bond acceptors (Lipinski definition) is 6. The summed E-state index contributed by atoms with van der Waals surface area (Å²) in [4.78, 5) is 31.5. The van der Waals surface area contributed by atoms with Crippen LogP contribution in [0.15, 0.2) is 58.6 Å². The van der Waals surface area contributed by atoms with Crippen molar-refractivity contribution in [3.8, 4) is 5.75 Å². The molecule has 2 aromatic heterocycles. The highest BCUT2D eigenvalue weighted by atomic mass is 32.2. The van der Waals surface area contributed by atoms with E-state index in [4.69, 9.17) is 9.84 Å². The van der Waals surface area contributed by atoms with Gasteiger partial charge in [0, 0.05) is 25.7 Å². The molecule has 176 valence electrons. The van der Waals surface area contributed by atoms with Gasteiger partial charge in [-0.3, -0.25) is 9.20 Å². The first-order chi connectivity index (χ1) is 16.6. The number of nitrogens with one attached hydrogen (secondary N) is 1. The van der Waals surface area contributed by atoms with Crippen LogP contribution in [0.3, 0.4) is 0 Å². The third kappa shape index (κ3) is 4.95. The number of carbonyl (C=O) groups excluding carboxylic acids is 1. The van der Waals surface area contributed by atoms with Crippen molar-refractivity contribution < 1.29 is 19.4 Å². The molecule has 1 fully saturated rings. The van der Waals surface area contributed by atoms with Crippen molar-refractivity contribution >= 4 is 35.4 Å². The summed E-state index contributed by atoms with van der Waals surface area (Å²) < 4.78 is 7.77. The predicted molar refractivity (Wildman–Crippen MR) is 130 cm³/mol. The van der Waals surface area contributed by atoms with E-state index in [0.29, 0.717) is 17.3 Å². The third-order valence-electron chi connectivity index (χ3n) is 6.13. The maximum absolute atomic E-state index is 12.9. The van der Waals surface area contributed by atoms with Crippen molar-refractivity contribution in [3.63, 3.8) is 0 Å². The minimum atomic E-state index is -0.956. The first kappa shape index (κ1) is 22.5. The van der Waals surface area contributed by atoms with Gasteiger partial charge in [-0.1, -0.05) is 23.9 Å². The lowest BCUT2D eigenvalue weighted by molar-refractivity contribution is -0.117. The van der Waals surface area contributed by atoms with Gasteiger partial charge in [0.2, 0.25) is 0 Å². The third-order valence-corrected chi connectivity index (χ3v) is 7.18. The van der Waals surface area contributed by atoms with Gasteiger partial charge in [-0.2, -0.15) is 0 Å². The molecule has 34 heavy (non-hydrogen) atoms. The minimum absolute atomic E-state index is 0.0232. The van der Waals surface area contributed by atoms with Crippen molar-refractivity contribution in [1.82, 2.24) is 19.6 Å². The second-order valence-electron chi connectivity index (χ2n) is 8.48. The Labute approximate surface area is 201 Å². The van der Waals surface area contributed by atoms with E-state index in [9.17, 15) is 9.59 Å². The highest BCUT2D eigenvalue weighted by Crippen LogP contribution is 2.34. The van der Waals surface area contributed by atoms with E-state index in [0.717, 1.165) is 55.3 Å².